The van der Waals surface area contributed by atoms with Gasteiger partial charge in [0.15, 0.2) is 0 Å². The summed E-state index contributed by atoms with van der Waals surface area (Å²) in [5, 5.41) is 5.41. The lowest BCUT2D eigenvalue weighted by Gasteiger charge is -2.12. The van der Waals surface area contributed by atoms with Crippen molar-refractivity contribution in [1.29, 1.82) is 0 Å². The quantitative estimate of drug-likeness (QED) is 0.357. The number of carbonyl (C=O) groups excluding carboxylic acids is 3. The normalized spacial score (nSPS) is 10.8. The standard InChI is InChI=1S/C25H21BrN2O5/c1-32-21-13-3-16(4-14-21)15-22(28-23(29)17-5-9-19(26)10-6-17)24(30)27-20-11-7-18(8-12-20)25(31)33-2/h3-15H,1-2H3,(H,27,30)(H,28,29)/b22-15+. The summed E-state index contributed by atoms with van der Waals surface area (Å²) >= 11 is 3.33. The molecule has 2 amide bonds. The van der Waals surface area contributed by atoms with Gasteiger partial charge in [0.1, 0.15) is 11.4 Å². The van der Waals surface area contributed by atoms with Crippen LogP contribution in [0.3, 0.4) is 0 Å². The molecule has 0 aliphatic rings. The fraction of sp³-hybridized carbons (Fsp3) is 0.0800. The van der Waals surface area contributed by atoms with Crippen LogP contribution in [0.4, 0.5) is 5.69 Å². The van der Waals surface area contributed by atoms with Gasteiger partial charge in [0.05, 0.1) is 19.8 Å². The van der Waals surface area contributed by atoms with Crippen LogP contribution in [-0.2, 0) is 9.53 Å². The topological polar surface area (TPSA) is 93.7 Å². The van der Waals surface area contributed by atoms with Crippen molar-refractivity contribution >= 4 is 45.5 Å². The molecule has 0 spiro atoms. The van der Waals surface area contributed by atoms with E-state index >= 15 is 0 Å². The van der Waals surface area contributed by atoms with Crippen LogP contribution in [0.15, 0.2) is 83.0 Å². The van der Waals surface area contributed by atoms with Crippen molar-refractivity contribution in [2.75, 3.05) is 19.5 Å². The third kappa shape index (κ3) is 6.54. The second-order valence-electron chi connectivity index (χ2n) is 6.82. The van der Waals surface area contributed by atoms with Crippen molar-refractivity contribution in [3.05, 3.63) is 99.7 Å². The first-order valence-electron chi connectivity index (χ1n) is 9.82. The van der Waals surface area contributed by atoms with Crippen molar-refractivity contribution in [1.82, 2.24) is 5.32 Å². The second kappa shape index (κ2) is 11.1. The molecule has 2 N–H and O–H groups in total. The molecule has 3 aromatic carbocycles. The van der Waals surface area contributed by atoms with Crippen LogP contribution >= 0.6 is 15.9 Å². The van der Waals surface area contributed by atoms with Gasteiger partial charge in [-0.3, -0.25) is 9.59 Å². The van der Waals surface area contributed by atoms with E-state index in [2.05, 4.69) is 31.3 Å². The van der Waals surface area contributed by atoms with Gasteiger partial charge in [0, 0.05) is 15.7 Å². The molecule has 0 bridgehead atoms. The number of benzene rings is 3. The molecule has 7 nitrogen and oxygen atoms in total. The molecule has 8 heteroatoms. The first-order chi connectivity index (χ1) is 15.9. The third-order valence-electron chi connectivity index (χ3n) is 4.59. The average molecular weight is 509 g/mol. The minimum absolute atomic E-state index is 0.0464. The summed E-state index contributed by atoms with van der Waals surface area (Å²) in [5.74, 6) is -0.766. The van der Waals surface area contributed by atoms with Crippen LogP contribution in [-0.4, -0.2) is 32.0 Å². The van der Waals surface area contributed by atoms with E-state index in [1.165, 1.54) is 19.2 Å². The average Bonchev–Trinajstić information content (AvgIpc) is 2.84. The Hall–Kier alpha value is -3.91. The Bertz CT molecular complexity index is 1170. The van der Waals surface area contributed by atoms with Gasteiger partial charge < -0.3 is 20.1 Å². The molecule has 0 fully saturated rings. The molecule has 0 unspecified atom stereocenters. The minimum Gasteiger partial charge on any atom is -0.497 e. The maximum atomic E-state index is 13.0. The van der Waals surface area contributed by atoms with E-state index in [4.69, 9.17) is 4.74 Å². The van der Waals surface area contributed by atoms with Crippen molar-refractivity contribution < 1.29 is 23.9 Å². The zero-order valence-electron chi connectivity index (χ0n) is 17.9. The number of nitrogens with one attached hydrogen (secondary N) is 2. The molecular weight excluding hydrogens is 488 g/mol. The Kier molecular flexibility index (Phi) is 7.99. The number of methoxy groups -OCH3 is 2. The van der Waals surface area contributed by atoms with Gasteiger partial charge in [-0.1, -0.05) is 28.1 Å². The van der Waals surface area contributed by atoms with E-state index in [1.807, 2.05) is 0 Å². The molecule has 0 saturated heterocycles. The fourth-order valence-electron chi connectivity index (χ4n) is 2.83. The van der Waals surface area contributed by atoms with E-state index in [9.17, 15) is 14.4 Å². The van der Waals surface area contributed by atoms with E-state index in [1.54, 1.807) is 73.8 Å². The number of rotatable bonds is 7. The minimum atomic E-state index is -0.526. The summed E-state index contributed by atoms with van der Waals surface area (Å²) in [5.41, 5.74) is 1.94. The lowest BCUT2D eigenvalue weighted by Crippen LogP contribution is -2.30. The van der Waals surface area contributed by atoms with Crippen LogP contribution < -0.4 is 15.4 Å². The van der Waals surface area contributed by atoms with Gasteiger partial charge in [-0.25, -0.2) is 4.79 Å². The van der Waals surface area contributed by atoms with Crippen LogP contribution in [0.1, 0.15) is 26.3 Å². The van der Waals surface area contributed by atoms with Crippen molar-refractivity contribution in [2.45, 2.75) is 0 Å². The zero-order valence-corrected chi connectivity index (χ0v) is 19.5. The first kappa shape index (κ1) is 23.7. The number of amides is 2. The van der Waals surface area contributed by atoms with Crippen molar-refractivity contribution in [3.8, 4) is 5.75 Å². The largest absolute Gasteiger partial charge is 0.497 e. The third-order valence-corrected chi connectivity index (χ3v) is 5.12. The van der Waals surface area contributed by atoms with Crippen LogP contribution in [0, 0.1) is 0 Å². The first-order valence-corrected chi connectivity index (χ1v) is 10.6. The number of hydrogen-bond acceptors (Lipinski definition) is 5. The predicted octanol–water partition coefficient (Wildman–Crippen LogP) is 4.65. The number of anilines is 1. The van der Waals surface area contributed by atoms with E-state index in [-0.39, 0.29) is 5.70 Å². The molecule has 0 heterocycles. The molecule has 0 saturated carbocycles. The van der Waals surface area contributed by atoms with Crippen molar-refractivity contribution in [2.24, 2.45) is 0 Å². The SMILES string of the molecule is COC(=O)c1ccc(NC(=O)/C(=C\c2ccc(OC)cc2)NC(=O)c2ccc(Br)cc2)cc1. The highest BCUT2D eigenvalue weighted by atomic mass is 79.9. The molecule has 0 atom stereocenters. The molecule has 3 rings (SSSR count). The van der Waals surface area contributed by atoms with Gasteiger partial charge in [0.2, 0.25) is 0 Å². The maximum Gasteiger partial charge on any atom is 0.337 e. The zero-order chi connectivity index (χ0) is 23.8. The maximum absolute atomic E-state index is 13.0. The Morgan fingerprint density at radius 1 is 0.818 bits per heavy atom. The van der Waals surface area contributed by atoms with Crippen molar-refractivity contribution in [3.63, 3.8) is 0 Å². The number of halogens is 1. The highest BCUT2D eigenvalue weighted by Crippen LogP contribution is 2.16. The molecular formula is C25H21BrN2O5. The second-order valence-corrected chi connectivity index (χ2v) is 7.73. The number of carbonyl (C=O) groups is 3. The summed E-state index contributed by atoms with van der Waals surface area (Å²) in [6.45, 7) is 0. The Morgan fingerprint density at radius 2 is 1.42 bits per heavy atom. The lowest BCUT2D eigenvalue weighted by atomic mass is 10.1. The number of hydrogen-bond donors (Lipinski definition) is 2. The Morgan fingerprint density at radius 3 is 2.00 bits per heavy atom. The molecule has 0 aliphatic heterocycles. The summed E-state index contributed by atoms with van der Waals surface area (Å²) in [7, 11) is 2.86. The Labute approximate surface area is 199 Å². The van der Waals surface area contributed by atoms with Crippen LogP contribution in [0.25, 0.3) is 6.08 Å². The molecule has 0 aromatic heterocycles. The molecule has 0 aliphatic carbocycles. The smallest absolute Gasteiger partial charge is 0.337 e. The lowest BCUT2D eigenvalue weighted by molar-refractivity contribution is -0.113. The summed E-state index contributed by atoms with van der Waals surface area (Å²) < 4.78 is 10.7. The summed E-state index contributed by atoms with van der Waals surface area (Å²) in [6.07, 6.45) is 1.56. The van der Waals surface area contributed by atoms with E-state index in [0.29, 0.717) is 28.1 Å². The van der Waals surface area contributed by atoms with Gasteiger partial charge in [-0.05, 0) is 72.3 Å². The molecule has 168 valence electrons. The van der Waals surface area contributed by atoms with Crippen LogP contribution in [0.5, 0.6) is 5.75 Å². The Balaban J connectivity index is 1.85. The van der Waals surface area contributed by atoms with E-state index < -0.39 is 17.8 Å². The van der Waals surface area contributed by atoms with E-state index in [0.717, 1.165) is 4.47 Å². The number of esters is 1. The van der Waals surface area contributed by atoms with Gasteiger partial charge in [-0.2, -0.15) is 0 Å². The number of ether oxygens (including phenoxy) is 2. The summed E-state index contributed by atoms with van der Waals surface area (Å²) in [4.78, 5) is 37.4. The highest BCUT2D eigenvalue weighted by molar-refractivity contribution is 9.10. The van der Waals surface area contributed by atoms with Gasteiger partial charge in [0.25, 0.3) is 11.8 Å². The summed E-state index contributed by atoms with van der Waals surface area (Å²) in [6, 6.07) is 20.0. The highest BCUT2D eigenvalue weighted by Gasteiger charge is 2.16. The molecule has 0 radical (unpaired) electrons. The monoisotopic (exact) mass is 508 g/mol. The van der Waals surface area contributed by atoms with Crippen LogP contribution in [0.2, 0.25) is 0 Å². The molecule has 3 aromatic rings. The molecule has 33 heavy (non-hydrogen) atoms. The van der Waals surface area contributed by atoms with Gasteiger partial charge >= 0.3 is 5.97 Å². The fourth-order valence-corrected chi connectivity index (χ4v) is 3.09. The van der Waals surface area contributed by atoms with Gasteiger partial charge in [-0.15, -0.1) is 0 Å². The predicted molar refractivity (Wildman–Crippen MR) is 129 cm³/mol.